The molecule has 0 saturated heterocycles. The van der Waals surface area contributed by atoms with Gasteiger partial charge in [0, 0.05) is 6.04 Å². The predicted octanol–water partition coefficient (Wildman–Crippen LogP) is 1.24. The summed E-state index contributed by atoms with van der Waals surface area (Å²) in [7, 11) is -3.44. The molecule has 4 nitrogen and oxygen atoms in total. The van der Waals surface area contributed by atoms with Crippen molar-refractivity contribution in [3.63, 3.8) is 0 Å². The van der Waals surface area contributed by atoms with Crippen LogP contribution >= 0.6 is 0 Å². The quantitative estimate of drug-likeness (QED) is 0.850. The van der Waals surface area contributed by atoms with Crippen molar-refractivity contribution in [1.29, 1.82) is 0 Å². The second-order valence-electron chi connectivity index (χ2n) is 4.60. The van der Waals surface area contributed by atoms with Gasteiger partial charge in [0.25, 0.3) is 0 Å². The van der Waals surface area contributed by atoms with Crippen molar-refractivity contribution in [2.24, 2.45) is 0 Å². The minimum atomic E-state index is -3.44. The highest BCUT2D eigenvalue weighted by Gasteiger charge is 2.29. The Balaban J connectivity index is 2.43. The molecule has 17 heavy (non-hydrogen) atoms. The first-order valence-electron chi connectivity index (χ1n) is 5.67. The first-order valence-corrected chi connectivity index (χ1v) is 7.15. The molecule has 1 aliphatic carbocycles. The van der Waals surface area contributed by atoms with Crippen molar-refractivity contribution in [2.45, 2.75) is 44.2 Å². The van der Waals surface area contributed by atoms with Gasteiger partial charge in [-0.2, -0.15) is 0 Å². The lowest BCUT2D eigenvalue weighted by atomic mass is 10.1. The molecule has 0 atom stereocenters. The maximum Gasteiger partial charge on any atom is 0.241 e. The first kappa shape index (κ1) is 12.5. The predicted molar refractivity (Wildman–Crippen MR) is 65.2 cm³/mol. The van der Waals surface area contributed by atoms with Crippen LogP contribution in [0.15, 0.2) is 17.0 Å². The molecular formula is C12H17NO3S. The normalized spacial score (nSPS) is 16.2. The van der Waals surface area contributed by atoms with Crippen LogP contribution < -0.4 is 4.72 Å². The average Bonchev–Trinajstić information content (AvgIpc) is 3.00. The van der Waals surface area contributed by atoms with Crippen LogP contribution in [0.5, 0.6) is 0 Å². The molecule has 0 unspecified atom stereocenters. The summed E-state index contributed by atoms with van der Waals surface area (Å²) in [6.07, 6.45) is 1.83. The van der Waals surface area contributed by atoms with E-state index in [2.05, 4.69) is 4.72 Å². The van der Waals surface area contributed by atoms with E-state index in [0.29, 0.717) is 11.1 Å². The molecule has 0 spiro atoms. The van der Waals surface area contributed by atoms with E-state index in [9.17, 15) is 13.5 Å². The molecule has 0 radical (unpaired) electrons. The molecule has 1 aromatic carbocycles. The van der Waals surface area contributed by atoms with Crippen LogP contribution in [0.4, 0.5) is 0 Å². The Morgan fingerprint density at radius 2 is 1.94 bits per heavy atom. The summed E-state index contributed by atoms with van der Waals surface area (Å²) < 4.78 is 26.8. The summed E-state index contributed by atoms with van der Waals surface area (Å²) in [6, 6.07) is 3.46. The summed E-state index contributed by atoms with van der Waals surface area (Å²) in [5.74, 6) is 0. The molecule has 2 rings (SSSR count). The number of hydrogen-bond acceptors (Lipinski definition) is 3. The highest BCUT2D eigenvalue weighted by molar-refractivity contribution is 7.89. The minimum Gasteiger partial charge on any atom is -0.392 e. The van der Waals surface area contributed by atoms with Gasteiger partial charge in [0.2, 0.25) is 10.0 Å². The molecule has 0 aliphatic heterocycles. The second kappa shape index (κ2) is 4.40. The summed E-state index contributed by atoms with van der Waals surface area (Å²) in [5, 5.41) is 9.18. The van der Waals surface area contributed by atoms with Gasteiger partial charge in [-0.05, 0) is 49.4 Å². The molecule has 1 saturated carbocycles. The number of nitrogens with one attached hydrogen (secondary N) is 1. The summed E-state index contributed by atoms with van der Waals surface area (Å²) in [6.45, 7) is 3.50. The van der Waals surface area contributed by atoms with Gasteiger partial charge in [0.05, 0.1) is 11.5 Å². The topological polar surface area (TPSA) is 66.4 Å². The SMILES string of the molecule is Cc1cc(C)c(S(=O)(=O)NC2CC2)cc1CO. The molecule has 0 heterocycles. The monoisotopic (exact) mass is 255 g/mol. The molecule has 2 N–H and O–H groups in total. The third-order valence-corrected chi connectivity index (χ3v) is 4.66. The number of aliphatic hydroxyl groups is 1. The number of sulfonamides is 1. The summed E-state index contributed by atoms with van der Waals surface area (Å²) in [5.41, 5.74) is 2.29. The number of benzene rings is 1. The zero-order valence-electron chi connectivity index (χ0n) is 10.0. The molecule has 0 bridgehead atoms. The third-order valence-electron chi connectivity index (χ3n) is 2.99. The summed E-state index contributed by atoms with van der Waals surface area (Å²) >= 11 is 0. The van der Waals surface area contributed by atoms with Gasteiger partial charge in [-0.15, -0.1) is 0 Å². The van der Waals surface area contributed by atoms with Crippen molar-refractivity contribution in [1.82, 2.24) is 4.72 Å². The average molecular weight is 255 g/mol. The summed E-state index contributed by atoms with van der Waals surface area (Å²) in [4.78, 5) is 0.277. The Morgan fingerprint density at radius 1 is 1.29 bits per heavy atom. The molecule has 0 aromatic heterocycles. The smallest absolute Gasteiger partial charge is 0.241 e. The molecular weight excluding hydrogens is 238 g/mol. The highest BCUT2D eigenvalue weighted by Crippen LogP contribution is 2.25. The van der Waals surface area contributed by atoms with Gasteiger partial charge in [0.1, 0.15) is 0 Å². The van der Waals surface area contributed by atoms with E-state index in [4.69, 9.17) is 0 Å². The first-order chi connectivity index (χ1) is 7.94. The van der Waals surface area contributed by atoms with Crippen LogP contribution in [0.2, 0.25) is 0 Å². The lowest BCUT2D eigenvalue weighted by Gasteiger charge is -2.12. The van der Waals surface area contributed by atoms with Gasteiger partial charge in [-0.25, -0.2) is 13.1 Å². The number of aryl methyl sites for hydroxylation is 2. The molecule has 1 aromatic rings. The lowest BCUT2D eigenvalue weighted by molar-refractivity contribution is 0.280. The Hall–Kier alpha value is -0.910. The van der Waals surface area contributed by atoms with E-state index in [1.807, 2.05) is 6.92 Å². The largest absolute Gasteiger partial charge is 0.392 e. The Bertz CT molecular complexity index is 533. The van der Waals surface area contributed by atoms with Crippen LogP contribution in [-0.2, 0) is 16.6 Å². The maximum absolute atomic E-state index is 12.1. The Kier molecular flexibility index (Phi) is 3.25. The minimum absolute atomic E-state index is 0.0956. The van der Waals surface area contributed by atoms with E-state index >= 15 is 0 Å². The van der Waals surface area contributed by atoms with E-state index < -0.39 is 10.0 Å². The third kappa shape index (κ3) is 2.68. The van der Waals surface area contributed by atoms with Crippen molar-refractivity contribution in [2.75, 3.05) is 0 Å². The van der Waals surface area contributed by atoms with Gasteiger partial charge in [-0.1, -0.05) is 6.07 Å². The van der Waals surface area contributed by atoms with Gasteiger partial charge >= 0.3 is 0 Å². The fourth-order valence-corrected chi connectivity index (χ4v) is 3.40. The Morgan fingerprint density at radius 3 is 2.47 bits per heavy atom. The highest BCUT2D eigenvalue weighted by atomic mass is 32.2. The van der Waals surface area contributed by atoms with Gasteiger partial charge < -0.3 is 5.11 Å². The molecule has 94 valence electrons. The van der Waals surface area contributed by atoms with E-state index in [1.165, 1.54) is 0 Å². The fraction of sp³-hybridized carbons (Fsp3) is 0.500. The van der Waals surface area contributed by atoms with E-state index in [1.54, 1.807) is 19.1 Å². The zero-order chi connectivity index (χ0) is 12.6. The van der Waals surface area contributed by atoms with E-state index in [-0.39, 0.29) is 17.5 Å². The molecule has 1 fully saturated rings. The van der Waals surface area contributed by atoms with Gasteiger partial charge in [0.15, 0.2) is 0 Å². The van der Waals surface area contributed by atoms with Crippen molar-refractivity contribution >= 4 is 10.0 Å². The van der Waals surface area contributed by atoms with Crippen LogP contribution in [-0.4, -0.2) is 19.6 Å². The number of rotatable bonds is 4. The van der Waals surface area contributed by atoms with Crippen molar-refractivity contribution < 1.29 is 13.5 Å². The number of aliphatic hydroxyl groups excluding tert-OH is 1. The van der Waals surface area contributed by atoms with Crippen molar-refractivity contribution in [3.05, 3.63) is 28.8 Å². The molecule has 5 heteroatoms. The number of hydrogen-bond donors (Lipinski definition) is 2. The zero-order valence-corrected chi connectivity index (χ0v) is 10.8. The van der Waals surface area contributed by atoms with Crippen molar-refractivity contribution in [3.8, 4) is 0 Å². The Labute approximate surface area is 102 Å². The lowest BCUT2D eigenvalue weighted by Crippen LogP contribution is -2.26. The maximum atomic E-state index is 12.1. The van der Waals surface area contributed by atoms with Crippen LogP contribution in [0.1, 0.15) is 29.5 Å². The van der Waals surface area contributed by atoms with Crippen LogP contribution in [0, 0.1) is 13.8 Å². The van der Waals surface area contributed by atoms with Gasteiger partial charge in [-0.3, -0.25) is 0 Å². The standard InChI is InChI=1S/C12H17NO3S/c1-8-5-9(2)12(6-10(8)7-14)17(15,16)13-11-3-4-11/h5-6,11,13-14H,3-4,7H2,1-2H3. The molecule has 0 amide bonds. The van der Waals surface area contributed by atoms with Crippen LogP contribution in [0.3, 0.4) is 0 Å². The second-order valence-corrected chi connectivity index (χ2v) is 6.28. The van der Waals surface area contributed by atoms with Crippen LogP contribution in [0.25, 0.3) is 0 Å². The molecule has 1 aliphatic rings. The fourth-order valence-electron chi connectivity index (χ4n) is 1.82. The van der Waals surface area contributed by atoms with E-state index in [0.717, 1.165) is 18.4 Å².